The van der Waals surface area contributed by atoms with Crippen molar-refractivity contribution in [3.8, 4) is 5.75 Å². The van der Waals surface area contributed by atoms with Gasteiger partial charge in [0, 0.05) is 11.5 Å². The van der Waals surface area contributed by atoms with Crippen molar-refractivity contribution in [2.45, 2.75) is 26.7 Å². The minimum Gasteiger partial charge on any atom is -0.449 e. The summed E-state index contributed by atoms with van der Waals surface area (Å²) in [6, 6.07) is 5.72. The Bertz CT molecular complexity index is 561. The summed E-state index contributed by atoms with van der Waals surface area (Å²) in [5, 5.41) is 3.29. The van der Waals surface area contributed by atoms with Crippen molar-refractivity contribution in [2.75, 3.05) is 25.0 Å². The smallest absolute Gasteiger partial charge is 0.293 e. The molecule has 4 nitrogen and oxygen atoms in total. The molecule has 0 spiro atoms. The molecule has 2 aliphatic rings. The molecule has 0 bridgehead atoms. The number of nitrogens with zero attached hydrogens (tertiary/aromatic N) is 1. The quantitative estimate of drug-likeness (QED) is 0.727. The summed E-state index contributed by atoms with van der Waals surface area (Å²) in [6.07, 6.45) is 1.75. The van der Waals surface area contributed by atoms with Crippen molar-refractivity contribution in [1.29, 1.82) is 0 Å². The van der Waals surface area contributed by atoms with Crippen molar-refractivity contribution in [1.82, 2.24) is 5.32 Å². The molecule has 21 heavy (non-hydrogen) atoms. The first-order valence-electron chi connectivity index (χ1n) is 7.35. The molecule has 2 heterocycles. The van der Waals surface area contributed by atoms with Crippen molar-refractivity contribution in [2.24, 2.45) is 0 Å². The third-order valence-electron chi connectivity index (χ3n) is 3.52. The number of hydrogen-bond acceptors (Lipinski definition) is 3. The molecule has 2 aliphatic heterocycles. The number of hydrogen-bond donors (Lipinski definition) is 1. The molecule has 0 radical (unpaired) electrons. The Morgan fingerprint density at radius 3 is 2.57 bits per heavy atom. The van der Waals surface area contributed by atoms with Gasteiger partial charge in [-0.2, -0.15) is 0 Å². The molecule has 0 unspecified atom stereocenters. The first kappa shape index (κ1) is 16.0. The van der Waals surface area contributed by atoms with Crippen LogP contribution < -0.4 is 15.0 Å². The van der Waals surface area contributed by atoms with E-state index in [2.05, 4.69) is 21.2 Å². The van der Waals surface area contributed by atoms with Crippen LogP contribution in [0.1, 0.15) is 26.7 Å². The summed E-state index contributed by atoms with van der Waals surface area (Å²) in [7, 11) is 1.79. The first-order chi connectivity index (χ1) is 10.2. The Balaban J connectivity index is 0.000000774. The van der Waals surface area contributed by atoms with Gasteiger partial charge in [0.1, 0.15) is 0 Å². The van der Waals surface area contributed by atoms with E-state index in [1.165, 1.54) is 0 Å². The second kappa shape index (κ2) is 7.09. The van der Waals surface area contributed by atoms with E-state index in [-0.39, 0.29) is 5.91 Å². The van der Waals surface area contributed by atoms with E-state index in [1.54, 1.807) is 11.9 Å². The van der Waals surface area contributed by atoms with E-state index in [4.69, 9.17) is 4.74 Å². The number of fused-ring (bicyclic) bond motifs is 1. The van der Waals surface area contributed by atoms with Crippen molar-refractivity contribution < 1.29 is 9.53 Å². The Hall–Kier alpha value is -1.33. The lowest BCUT2D eigenvalue weighted by Gasteiger charge is -2.30. The number of likely N-dealkylation sites (N-methyl/N-ethyl adjacent to an activating group) is 1. The molecule has 114 valence electrons. The molecule has 1 fully saturated rings. The molecule has 0 saturated carbocycles. The van der Waals surface area contributed by atoms with E-state index in [0.29, 0.717) is 5.76 Å². The third kappa shape index (κ3) is 3.30. The summed E-state index contributed by atoms with van der Waals surface area (Å²) < 4.78 is 6.79. The summed E-state index contributed by atoms with van der Waals surface area (Å²) in [4.78, 5) is 14.1. The molecule has 1 aromatic rings. The SMILES string of the molecule is CC.CN1C(=O)C(=C2CCNCC2)Oc2ccc(Br)cc21. The maximum absolute atomic E-state index is 12.4. The maximum atomic E-state index is 12.4. The molecular weight excluding hydrogens is 332 g/mol. The van der Waals surface area contributed by atoms with Crippen molar-refractivity contribution in [3.63, 3.8) is 0 Å². The zero-order chi connectivity index (χ0) is 15.4. The van der Waals surface area contributed by atoms with Gasteiger partial charge in [-0.25, -0.2) is 0 Å². The monoisotopic (exact) mass is 352 g/mol. The average molecular weight is 353 g/mol. The molecule has 1 N–H and O–H groups in total. The van der Waals surface area contributed by atoms with E-state index in [0.717, 1.165) is 47.4 Å². The second-order valence-corrected chi connectivity index (χ2v) is 5.68. The highest BCUT2D eigenvalue weighted by atomic mass is 79.9. The van der Waals surface area contributed by atoms with Gasteiger partial charge in [-0.15, -0.1) is 0 Å². The third-order valence-corrected chi connectivity index (χ3v) is 4.01. The topological polar surface area (TPSA) is 41.6 Å². The van der Waals surface area contributed by atoms with Gasteiger partial charge in [0.15, 0.2) is 11.5 Å². The summed E-state index contributed by atoms with van der Waals surface area (Å²) in [6.45, 7) is 5.82. The van der Waals surface area contributed by atoms with Crippen LogP contribution in [0.3, 0.4) is 0 Å². The van der Waals surface area contributed by atoms with Crippen LogP contribution in [0.5, 0.6) is 5.75 Å². The van der Waals surface area contributed by atoms with Crippen LogP contribution in [0.2, 0.25) is 0 Å². The highest BCUT2D eigenvalue weighted by Crippen LogP contribution is 2.37. The van der Waals surface area contributed by atoms with Crippen LogP contribution in [0, 0.1) is 0 Å². The van der Waals surface area contributed by atoms with Crippen LogP contribution in [-0.2, 0) is 4.79 Å². The number of anilines is 1. The van der Waals surface area contributed by atoms with Gasteiger partial charge in [-0.3, -0.25) is 4.79 Å². The summed E-state index contributed by atoms with van der Waals surface area (Å²) in [5.41, 5.74) is 1.92. The Morgan fingerprint density at radius 2 is 1.90 bits per heavy atom. The lowest BCUT2D eigenvalue weighted by molar-refractivity contribution is -0.117. The van der Waals surface area contributed by atoms with Crippen LogP contribution in [0.4, 0.5) is 5.69 Å². The van der Waals surface area contributed by atoms with Gasteiger partial charge in [-0.05, 0) is 49.7 Å². The normalized spacial score (nSPS) is 17.7. The molecule has 3 rings (SSSR count). The molecular formula is C16H21BrN2O2. The maximum Gasteiger partial charge on any atom is 0.293 e. The Kier molecular flexibility index (Phi) is 5.42. The number of nitrogens with one attached hydrogen (secondary N) is 1. The highest BCUT2D eigenvalue weighted by molar-refractivity contribution is 9.10. The lowest BCUT2D eigenvalue weighted by Crippen LogP contribution is -2.36. The van der Waals surface area contributed by atoms with Crippen LogP contribution in [0.25, 0.3) is 0 Å². The number of piperidine rings is 1. The fourth-order valence-corrected chi connectivity index (χ4v) is 2.78. The number of ether oxygens (including phenoxy) is 1. The van der Waals surface area contributed by atoms with Gasteiger partial charge >= 0.3 is 0 Å². The van der Waals surface area contributed by atoms with E-state index < -0.39 is 0 Å². The van der Waals surface area contributed by atoms with Gasteiger partial charge in [0.05, 0.1) is 5.69 Å². The van der Waals surface area contributed by atoms with Gasteiger partial charge in [0.25, 0.3) is 5.91 Å². The first-order valence-corrected chi connectivity index (χ1v) is 8.14. The van der Waals surface area contributed by atoms with Crippen LogP contribution >= 0.6 is 15.9 Å². The second-order valence-electron chi connectivity index (χ2n) is 4.76. The van der Waals surface area contributed by atoms with Crippen molar-refractivity contribution >= 4 is 27.5 Å². The molecule has 0 aromatic heterocycles. The zero-order valence-corrected chi connectivity index (χ0v) is 14.3. The molecule has 0 aliphatic carbocycles. The van der Waals surface area contributed by atoms with Gasteiger partial charge in [-0.1, -0.05) is 29.8 Å². The zero-order valence-electron chi connectivity index (χ0n) is 12.7. The predicted octanol–water partition coefficient (Wildman–Crippen LogP) is 3.47. The number of benzene rings is 1. The average Bonchev–Trinajstić information content (AvgIpc) is 2.54. The Morgan fingerprint density at radius 1 is 1.24 bits per heavy atom. The molecule has 1 saturated heterocycles. The fourth-order valence-electron chi connectivity index (χ4n) is 2.43. The number of amides is 1. The Labute approximate surface area is 134 Å². The predicted molar refractivity (Wildman–Crippen MR) is 88.7 cm³/mol. The van der Waals surface area contributed by atoms with Crippen molar-refractivity contribution in [3.05, 3.63) is 34.0 Å². The molecule has 0 atom stereocenters. The lowest BCUT2D eigenvalue weighted by atomic mass is 10.0. The number of halogens is 1. The summed E-state index contributed by atoms with van der Waals surface area (Å²) in [5.74, 6) is 1.20. The largest absolute Gasteiger partial charge is 0.449 e. The number of rotatable bonds is 0. The van der Waals surface area contributed by atoms with Crippen LogP contribution in [-0.4, -0.2) is 26.0 Å². The highest BCUT2D eigenvalue weighted by Gasteiger charge is 2.30. The minimum absolute atomic E-state index is 0.0532. The molecule has 1 amide bonds. The van der Waals surface area contributed by atoms with Crippen LogP contribution in [0.15, 0.2) is 34.0 Å². The fraction of sp³-hybridized carbons (Fsp3) is 0.438. The molecule has 5 heteroatoms. The summed E-state index contributed by atoms with van der Waals surface area (Å²) >= 11 is 3.42. The van der Waals surface area contributed by atoms with E-state index >= 15 is 0 Å². The standard InChI is InChI=1S/C14H15BrN2O2.C2H6/c1-17-11-8-10(15)2-3-12(11)19-13(14(17)18)9-4-6-16-7-5-9;1-2/h2-3,8,16H,4-7H2,1H3;1-2H3. The van der Waals surface area contributed by atoms with Gasteiger partial charge in [0.2, 0.25) is 0 Å². The minimum atomic E-state index is -0.0532. The number of carbonyl (C=O) groups is 1. The molecule has 1 aromatic carbocycles. The number of carbonyl (C=O) groups excluding carboxylic acids is 1. The van der Waals surface area contributed by atoms with E-state index in [9.17, 15) is 4.79 Å². The van der Waals surface area contributed by atoms with Gasteiger partial charge < -0.3 is 15.0 Å². The van der Waals surface area contributed by atoms with E-state index in [1.807, 2.05) is 32.0 Å².